The molecule has 0 aromatic heterocycles. The second-order valence-corrected chi connectivity index (χ2v) is 6.67. The largest absolute Gasteiger partial charge is 1.00 e. The quantitative estimate of drug-likeness (QED) is 0.448. The van der Waals surface area contributed by atoms with Crippen LogP contribution < -0.4 is 33.9 Å². The van der Waals surface area contributed by atoms with E-state index in [1.807, 2.05) is 0 Å². The molecule has 0 fully saturated rings. The standard InChI is InChI=1S/C9H13NO5S2.Na/c1-3-10(16(2,11)12)8-5-4-6-9(7-8)17(13,14)15;/h4-7H,3H2,1-2H3,(H,13,14,15);/q;+1/p-1. The Bertz CT molecular complexity index is 612. The van der Waals surface area contributed by atoms with E-state index in [1.165, 1.54) is 12.1 Å². The van der Waals surface area contributed by atoms with Gasteiger partial charge in [-0.15, -0.1) is 0 Å². The molecule has 1 aromatic carbocycles. The average molecular weight is 301 g/mol. The van der Waals surface area contributed by atoms with Crippen LogP contribution in [0.5, 0.6) is 0 Å². The van der Waals surface area contributed by atoms with Crippen LogP contribution in [0.4, 0.5) is 5.69 Å². The third kappa shape index (κ3) is 4.52. The number of rotatable bonds is 4. The molecule has 1 rings (SSSR count). The number of anilines is 1. The molecule has 0 aliphatic heterocycles. The minimum Gasteiger partial charge on any atom is -0.744 e. The predicted molar refractivity (Wildman–Crippen MR) is 62.3 cm³/mol. The number of nitrogens with zero attached hydrogens (tertiary/aromatic N) is 1. The fourth-order valence-corrected chi connectivity index (χ4v) is 2.88. The van der Waals surface area contributed by atoms with Crippen molar-refractivity contribution in [2.24, 2.45) is 0 Å². The summed E-state index contributed by atoms with van der Waals surface area (Å²) in [4.78, 5) is -0.447. The first-order valence-electron chi connectivity index (χ1n) is 4.70. The van der Waals surface area contributed by atoms with Crippen LogP contribution in [0.1, 0.15) is 6.92 Å². The molecule has 6 nitrogen and oxygen atoms in total. The van der Waals surface area contributed by atoms with Gasteiger partial charge in [-0.3, -0.25) is 4.31 Å². The Labute approximate surface area is 129 Å². The Balaban J connectivity index is 0.00000289. The van der Waals surface area contributed by atoms with E-state index in [1.54, 1.807) is 6.92 Å². The molecule has 0 atom stereocenters. The van der Waals surface area contributed by atoms with Crippen LogP contribution in [0, 0.1) is 0 Å². The molecule has 0 heterocycles. The van der Waals surface area contributed by atoms with Crippen LogP contribution in [-0.2, 0) is 20.1 Å². The van der Waals surface area contributed by atoms with Crippen LogP contribution in [0.2, 0.25) is 0 Å². The van der Waals surface area contributed by atoms with Gasteiger partial charge in [-0.2, -0.15) is 0 Å². The smallest absolute Gasteiger partial charge is 0.744 e. The Morgan fingerprint density at radius 3 is 2.17 bits per heavy atom. The summed E-state index contributed by atoms with van der Waals surface area (Å²) in [6.07, 6.45) is 1.01. The third-order valence-electron chi connectivity index (χ3n) is 2.08. The molecule has 0 saturated carbocycles. The summed E-state index contributed by atoms with van der Waals surface area (Å²) in [6, 6.07) is 4.93. The average Bonchev–Trinajstić information content (AvgIpc) is 2.15. The van der Waals surface area contributed by atoms with E-state index in [4.69, 9.17) is 0 Å². The molecule has 96 valence electrons. The SMILES string of the molecule is CCN(c1cccc(S(=O)(=O)[O-])c1)S(C)(=O)=O.[Na+]. The minimum atomic E-state index is -4.58. The predicted octanol–water partition coefficient (Wildman–Crippen LogP) is -2.62. The van der Waals surface area contributed by atoms with Crippen LogP contribution >= 0.6 is 0 Å². The minimum absolute atomic E-state index is 0. The van der Waals surface area contributed by atoms with Gasteiger partial charge < -0.3 is 4.55 Å². The summed E-state index contributed by atoms with van der Waals surface area (Å²) in [6.45, 7) is 1.76. The van der Waals surface area contributed by atoms with Crippen molar-refractivity contribution in [3.05, 3.63) is 24.3 Å². The first-order chi connectivity index (χ1) is 7.66. The Kier molecular flexibility index (Phi) is 6.31. The molecule has 1 aromatic rings. The molecule has 0 aliphatic carbocycles. The van der Waals surface area contributed by atoms with Gasteiger partial charge in [0.1, 0.15) is 10.1 Å². The third-order valence-corrected chi connectivity index (χ3v) is 4.18. The van der Waals surface area contributed by atoms with Crippen molar-refractivity contribution in [2.75, 3.05) is 17.1 Å². The van der Waals surface area contributed by atoms with Gasteiger partial charge in [0, 0.05) is 6.54 Å². The van der Waals surface area contributed by atoms with Crippen molar-refractivity contribution in [1.29, 1.82) is 0 Å². The summed E-state index contributed by atoms with van der Waals surface area (Å²) in [5.41, 5.74) is 0.159. The molecule has 0 bridgehead atoms. The molecular formula is C9H12NNaO5S2. The van der Waals surface area contributed by atoms with E-state index in [-0.39, 0.29) is 41.8 Å². The van der Waals surface area contributed by atoms with E-state index >= 15 is 0 Å². The second kappa shape index (κ2) is 6.36. The monoisotopic (exact) mass is 301 g/mol. The van der Waals surface area contributed by atoms with Crippen molar-refractivity contribution in [1.82, 2.24) is 0 Å². The molecule has 0 unspecified atom stereocenters. The molecular weight excluding hydrogens is 289 g/mol. The number of sulfonamides is 1. The van der Waals surface area contributed by atoms with Gasteiger partial charge in [0.15, 0.2) is 0 Å². The molecule has 9 heteroatoms. The number of hydrogen-bond acceptors (Lipinski definition) is 5. The van der Waals surface area contributed by atoms with Gasteiger partial charge in [-0.05, 0) is 25.1 Å². The van der Waals surface area contributed by atoms with Crippen molar-refractivity contribution < 1.29 is 50.9 Å². The van der Waals surface area contributed by atoms with Crippen molar-refractivity contribution in [3.63, 3.8) is 0 Å². The van der Waals surface area contributed by atoms with Gasteiger partial charge in [0.2, 0.25) is 10.0 Å². The van der Waals surface area contributed by atoms with Gasteiger partial charge in [-0.25, -0.2) is 16.8 Å². The van der Waals surface area contributed by atoms with Gasteiger partial charge >= 0.3 is 29.6 Å². The maximum atomic E-state index is 11.4. The van der Waals surface area contributed by atoms with Crippen molar-refractivity contribution in [2.45, 2.75) is 11.8 Å². The molecule has 18 heavy (non-hydrogen) atoms. The molecule has 0 amide bonds. The Morgan fingerprint density at radius 2 is 1.78 bits per heavy atom. The fraction of sp³-hybridized carbons (Fsp3) is 0.333. The molecule has 0 N–H and O–H groups in total. The number of hydrogen-bond donors (Lipinski definition) is 0. The zero-order valence-electron chi connectivity index (χ0n) is 10.3. The van der Waals surface area contributed by atoms with Crippen LogP contribution in [0.15, 0.2) is 29.2 Å². The normalized spacial score (nSPS) is 11.7. The second-order valence-electron chi connectivity index (χ2n) is 3.38. The molecule has 0 saturated heterocycles. The van der Waals surface area contributed by atoms with E-state index in [0.717, 1.165) is 22.7 Å². The molecule has 0 spiro atoms. The first-order valence-corrected chi connectivity index (χ1v) is 7.95. The summed E-state index contributed by atoms with van der Waals surface area (Å²) >= 11 is 0. The van der Waals surface area contributed by atoms with E-state index in [2.05, 4.69) is 0 Å². The Morgan fingerprint density at radius 1 is 1.22 bits per heavy atom. The van der Waals surface area contributed by atoms with Gasteiger partial charge in [-0.1, -0.05) is 6.07 Å². The maximum Gasteiger partial charge on any atom is 1.00 e. The topological polar surface area (TPSA) is 94.6 Å². The number of benzene rings is 1. The zero-order chi connectivity index (χ0) is 13.3. The first kappa shape index (κ1) is 17.9. The summed E-state index contributed by atoms with van der Waals surface area (Å²) in [7, 11) is -8.08. The van der Waals surface area contributed by atoms with E-state index in [9.17, 15) is 21.4 Å². The van der Waals surface area contributed by atoms with E-state index in [0.29, 0.717) is 0 Å². The molecule has 0 radical (unpaired) electrons. The van der Waals surface area contributed by atoms with Crippen LogP contribution in [0.25, 0.3) is 0 Å². The maximum absolute atomic E-state index is 11.4. The zero-order valence-corrected chi connectivity index (χ0v) is 14.0. The van der Waals surface area contributed by atoms with Crippen molar-refractivity contribution >= 4 is 25.8 Å². The molecule has 0 aliphatic rings. The Hall–Kier alpha value is -0.120. The summed E-state index contributed by atoms with van der Waals surface area (Å²) < 4.78 is 56.3. The summed E-state index contributed by atoms with van der Waals surface area (Å²) in [5.74, 6) is 0. The summed E-state index contributed by atoms with van der Waals surface area (Å²) in [5, 5.41) is 0. The van der Waals surface area contributed by atoms with Crippen molar-refractivity contribution in [3.8, 4) is 0 Å². The fourth-order valence-electron chi connectivity index (χ4n) is 1.40. The van der Waals surface area contributed by atoms with Crippen LogP contribution in [-0.4, -0.2) is 34.2 Å². The van der Waals surface area contributed by atoms with Gasteiger partial charge in [0.25, 0.3) is 0 Å². The van der Waals surface area contributed by atoms with Gasteiger partial charge in [0.05, 0.1) is 16.8 Å². The van der Waals surface area contributed by atoms with E-state index < -0.39 is 25.0 Å². The van der Waals surface area contributed by atoms with Crippen LogP contribution in [0.3, 0.4) is 0 Å².